The van der Waals surface area contributed by atoms with E-state index >= 15 is 0 Å². The monoisotopic (exact) mass is 289 g/mol. The molecule has 0 aliphatic heterocycles. The highest BCUT2D eigenvalue weighted by Gasteiger charge is 2.04. The zero-order valence-corrected chi connectivity index (χ0v) is 12.4. The van der Waals surface area contributed by atoms with Crippen LogP contribution >= 0.6 is 0 Å². The van der Waals surface area contributed by atoms with E-state index < -0.39 is 0 Å². The predicted molar refractivity (Wildman–Crippen MR) is 81.4 cm³/mol. The van der Waals surface area contributed by atoms with E-state index in [1.807, 2.05) is 24.3 Å². The maximum absolute atomic E-state index is 13.1. The van der Waals surface area contributed by atoms with Crippen LogP contribution in [0.4, 0.5) is 4.39 Å². The van der Waals surface area contributed by atoms with Crippen LogP contribution in [0.15, 0.2) is 42.5 Å². The van der Waals surface area contributed by atoms with Gasteiger partial charge in [-0.15, -0.1) is 0 Å². The van der Waals surface area contributed by atoms with Crippen LogP contribution in [0.1, 0.15) is 11.1 Å². The van der Waals surface area contributed by atoms with Crippen molar-refractivity contribution in [3.8, 4) is 11.5 Å². The van der Waals surface area contributed by atoms with Crippen molar-refractivity contribution in [3.63, 3.8) is 0 Å². The van der Waals surface area contributed by atoms with Crippen molar-refractivity contribution in [2.45, 2.75) is 13.0 Å². The fourth-order valence-corrected chi connectivity index (χ4v) is 2.17. The number of ether oxygens (including phenoxy) is 2. The van der Waals surface area contributed by atoms with Crippen molar-refractivity contribution < 1.29 is 13.9 Å². The van der Waals surface area contributed by atoms with Gasteiger partial charge in [0, 0.05) is 12.1 Å². The number of hydrogen-bond donors (Lipinski definition) is 1. The Morgan fingerprint density at radius 3 is 2.62 bits per heavy atom. The highest BCUT2D eigenvalue weighted by Crippen LogP contribution is 2.23. The fraction of sp³-hybridized carbons (Fsp3) is 0.294. The number of benzene rings is 2. The van der Waals surface area contributed by atoms with Crippen molar-refractivity contribution in [2.75, 3.05) is 20.8 Å². The van der Waals surface area contributed by atoms with Crippen LogP contribution in [0.3, 0.4) is 0 Å². The fourth-order valence-electron chi connectivity index (χ4n) is 2.17. The van der Waals surface area contributed by atoms with E-state index in [9.17, 15) is 4.39 Å². The molecule has 2 aromatic carbocycles. The second-order valence-electron chi connectivity index (χ2n) is 4.73. The van der Waals surface area contributed by atoms with E-state index in [0.717, 1.165) is 35.6 Å². The molecule has 0 saturated heterocycles. The summed E-state index contributed by atoms with van der Waals surface area (Å²) in [7, 11) is 3.29. The van der Waals surface area contributed by atoms with Gasteiger partial charge in [0.25, 0.3) is 0 Å². The third-order valence-corrected chi connectivity index (χ3v) is 3.28. The average molecular weight is 289 g/mol. The van der Waals surface area contributed by atoms with Gasteiger partial charge in [0.05, 0.1) is 14.2 Å². The van der Waals surface area contributed by atoms with Crippen LogP contribution in [0.5, 0.6) is 11.5 Å². The molecular formula is C17H20FNO2. The van der Waals surface area contributed by atoms with Crippen LogP contribution in [-0.4, -0.2) is 20.8 Å². The summed E-state index contributed by atoms with van der Waals surface area (Å²) in [5, 5.41) is 3.34. The van der Waals surface area contributed by atoms with Gasteiger partial charge in [0.1, 0.15) is 17.3 Å². The minimum atomic E-state index is -0.193. The molecule has 21 heavy (non-hydrogen) atoms. The van der Waals surface area contributed by atoms with Crippen LogP contribution in [0.2, 0.25) is 0 Å². The predicted octanol–water partition coefficient (Wildman–Crippen LogP) is 3.18. The molecule has 0 atom stereocenters. The number of rotatable bonds is 7. The molecule has 4 heteroatoms. The number of nitrogens with one attached hydrogen (secondary N) is 1. The quantitative estimate of drug-likeness (QED) is 0.794. The van der Waals surface area contributed by atoms with E-state index in [4.69, 9.17) is 9.47 Å². The number of methoxy groups -OCH3 is 2. The molecule has 0 spiro atoms. The second-order valence-corrected chi connectivity index (χ2v) is 4.73. The molecule has 112 valence electrons. The van der Waals surface area contributed by atoms with Gasteiger partial charge in [-0.05, 0) is 48.9 Å². The first-order valence-corrected chi connectivity index (χ1v) is 6.89. The van der Waals surface area contributed by atoms with Gasteiger partial charge >= 0.3 is 0 Å². The van der Waals surface area contributed by atoms with Crippen LogP contribution in [0, 0.1) is 5.82 Å². The molecular weight excluding hydrogens is 269 g/mol. The highest BCUT2D eigenvalue weighted by molar-refractivity contribution is 5.40. The molecule has 0 fully saturated rings. The van der Waals surface area contributed by atoms with Gasteiger partial charge in [0.2, 0.25) is 0 Å². The normalized spacial score (nSPS) is 10.4. The zero-order valence-electron chi connectivity index (χ0n) is 12.4. The van der Waals surface area contributed by atoms with Crippen LogP contribution in [-0.2, 0) is 13.0 Å². The molecule has 0 radical (unpaired) electrons. The minimum Gasteiger partial charge on any atom is -0.497 e. The molecule has 2 aromatic rings. The summed E-state index contributed by atoms with van der Waals surface area (Å²) in [6.07, 6.45) is 0.782. The van der Waals surface area contributed by atoms with Gasteiger partial charge in [0.15, 0.2) is 0 Å². The summed E-state index contributed by atoms with van der Waals surface area (Å²) in [4.78, 5) is 0. The Kier molecular flexibility index (Phi) is 5.58. The molecule has 0 bridgehead atoms. The maximum atomic E-state index is 13.1. The molecule has 2 rings (SSSR count). The Bertz CT molecular complexity index is 587. The molecule has 0 heterocycles. The lowest BCUT2D eigenvalue weighted by atomic mass is 10.1. The van der Waals surface area contributed by atoms with Crippen LogP contribution in [0.25, 0.3) is 0 Å². The van der Waals surface area contributed by atoms with Crippen LogP contribution < -0.4 is 14.8 Å². The van der Waals surface area contributed by atoms with Gasteiger partial charge in [-0.2, -0.15) is 0 Å². The van der Waals surface area contributed by atoms with Crippen molar-refractivity contribution in [3.05, 3.63) is 59.4 Å². The van der Waals surface area contributed by atoms with E-state index in [-0.39, 0.29) is 5.82 Å². The Labute approximate surface area is 124 Å². The third-order valence-electron chi connectivity index (χ3n) is 3.28. The Morgan fingerprint density at radius 2 is 1.90 bits per heavy atom. The van der Waals surface area contributed by atoms with E-state index in [1.54, 1.807) is 26.4 Å². The Hall–Kier alpha value is -2.07. The largest absolute Gasteiger partial charge is 0.497 e. The minimum absolute atomic E-state index is 0.193. The lowest BCUT2D eigenvalue weighted by Crippen LogP contribution is -2.17. The maximum Gasteiger partial charge on any atom is 0.123 e. The van der Waals surface area contributed by atoms with E-state index in [0.29, 0.717) is 6.54 Å². The first-order valence-electron chi connectivity index (χ1n) is 6.89. The summed E-state index contributed by atoms with van der Waals surface area (Å²) in [6.45, 7) is 1.44. The van der Waals surface area contributed by atoms with Crippen molar-refractivity contribution in [1.29, 1.82) is 0 Å². The molecule has 3 nitrogen and oxygen atoms in total. The number of hydrogen-bond acceptors (Lipinski definition) is 3. The summed E-state index contributed by atoms with van der Waals surface area (Å²) in [5.41, 5.74) is 2.02. The Morgan fingerprint density at radius 1 is 1.05 bits per heavy atom. The molecule has 0 unspecified atom stereocenters. The summed E-state index contributed by atoms with van der Waals surface area (Å²) < 4.78 is 23.6. The van der Waals surface area contributed by atoms with Gasteiger partial charge in [-0.25, -0.2) is 4.39 Å². The summed E-state index contributed by atoms with van der Waals surface area (Å²) in [5.74, 6) is 1.44. The van der Waals surface area contributed by atoms with E-state index in [1.165, 1.54) is 6.07 Å². The van der Waals surface area contributed by atoms with Crippen molar-refractivity contribution in [2.24, 2.45) is 0 Å². The molecule has 0 aliphatic rings. The third kappa shape index (κ3) is 4.46. The zero-order chi connectivity index (χ0) is 15.1. The molecule has 1 N–H and O–H groups in total. The van der Waals surface area contributed by atoms with Gasteiger partial charge < -0.3 is 14.8 Å². The SMILES string of the molecule is COc1ccc(OC)c(CNCCc2cccc(F)c2)c1. The molecule has 0 amide bonds. The average Bonchev–Trinajstić information content (AvgIpc) is 2.51. The van der Waals surface area contributed by atoms with Gasteiger partial charge in [-0.1, -0.05) is 12.1 Å². The van der Waals surface area contributed by atoms with Gasteiger partial charge in [-0.3, -0.25) is 0 Å². The highest BCUT2D eigenvalue weighted by atomic mass is 19.1. The lowest BCUT2D eigenvalue weighted by Gasteiger charge is -2.11. The summed E-state index contributed by atoms with van der Waals surface area (Å²) in [6, 6.07) is 12.4. The molecule has 0 aromatic heterocycles. The Balaban J connectivity index is 1.88. The number of halogens is 1. The topological polar surface area (TPSA) is 30.5 Å². The van der Waals surface area contributed by atoms with Crippen molar-refractivity contribution >= 4 is 0 Å². The first-order chi connectivity index (χ1) is 10.2. The molecule has 0 saturated carbocycles. The second kappa shape index (κ2) is 7.64. The standard InChI is InChI=1S/C17H20FNO2/c1-20-16-6-7-17(21-2)14(11-16)12-19-9-8-13-4-3-5-15(18)10-13/h3-7,10-11,19H,8-9,12H2,1-2H3. The smallest absolute Gasteiger partial charge is 0.123 e. The molecule has 0 aliphatic carbocycles. The summed E-state index contributed by atoms with van der Waals surface area (Å²) >= 11 is 0. The van der Waals surface area contributed by atoms with E-state index in [2.05, 4.69) is 5.32 Å². The lowest BCUT2D eigenvalue weighted by molar-refractivity contribution is 0.397. The first kappa shape index (κ1) is 15.3. The van der Waals surface area contributed by atoms with Crippen molar-refractivity contribution in [1.82, 2.24) is 5.32 Å².